The molecule has 0 radical (unpaired) electrons. The third-order valence-corrected chi connectivity index (χ3v) is 4.98. The average molecular weight is 325 g/mol. The molecule has 0 bridgehead atoms. The van der Waals surface area contributed by atoms with Crippen LogP contribution in [-0.4, -0.2) is 46.3 Å². The summed E-state index contributed by atoms with van der Waals surface area (Å²) in [7, 11) is 0. The van der Waals surface area contributed by atoms with Gasteiger partial charge in [-0.2, -0.15) is 0 Å². The van der Waals surface area contributed by atoms with Gasteiger partial charge in [-0.15, -0.1) is 0 Å². The molecule has 2 saturated heterocycles. The minimum atomic E-state index is -0.00717. The van der Waals surface area contributed by atoms with Gasteiger partial charge in [0.05, 0.1) is 18.2 Å². The molecular formula is C18H23N5O. The Morgan fingerprint density at radius 3 is 2.71 bits per heavy atom. The summed E-state index contributed by atoms with van der Waals surface area (Å²) in [6.07, 6.45) is 6.61. The Morgan fingerprint density at radius 1 is 1.17 bits per heavy atom. The van der Waals surface area contributed by atoms with Crippen molar-refractivity contribution in [2.24, 2.45) is 0 Å². The predicted molar refractivity (Wildman–Crippen MR) is 93.2 cm³/mol. The number of pyridine rings is 1. The zero-order valence-electron chi connectivity index (χ0n) is 14.0. The molecule has 0 aromatic carbocycles. The lowest BCUT2D eigenvalue weighted by Crippen LogP contribution is -2.44. The van der Waals surface area contributed by atoms with Crippen molar-refractivity contribution in [2.75, 3.05) is 29.9 Å². The minimum absolute atomic E-state index is 0.00717. The Hall–Kier alpha value is -2.21. The van der Waals surface area contributed by atoms with Gasteiger partial charge >= 0.3 is 0 Å². The van der Waals surface area contributed by atoms with Gasteiger partial charge in [0.2, 0.25) is 5.95 Å². The highest BCUT2D eigenvalue weighted by atomic mass is 16.5. The Balaban J connectivity index is 1.35. The third kappa shape index (κ3) is 3.19. The van der Waals surface area contributed by atoms with Crippen LogP contribution in [0.1, 0.15) is 25.0 Å². The van der Waals surface area contributed by atoms with Crippen LogP contribution in [0, 0.1) is 6.92 Å². The zero-order chi connectivity index (χ0) is 16.4. The molecule has 0 saturated carbocycles. The van der Waals surface area contributed by atoms with Gasteiger partial charge in [0.1, 0.15) is 5.82 Å². The van der Waals surface area contributed by atoms with Crippen molar-refractivity contribution in [3.05, 3.63) is 42.4 Å². The van der Waals surface area contributed by atoms with Crippen LogP contribution in [0.5, 0.6) is 0 Å². The van der Waals surface area contributed by atoms with Crippen molar-refractivity contribution < 1.29 is 4.74 Å². The van der Waals surface area contributed by atoms with E-state index in [-0.39, 0.29) is 11.6 Å². The SMILES string of the molecule is Cc1cccc(N2CCC3(CC2)C[C@@H](Nc2ncccn2)CO3)n1. The van der Waals surface area contributed by atoms with E-state index >= 15 is 0 Å². The van der Waals surface area contributed by atoms with Crippen LogP contribution in [0.2, 0.25) is 0 Å². The van der Waals surface area contributed by atoms with Crippen molar-refractivity contribution >= 4 is 11.8 Å². The fourth-order valence-electron chi connectivity index (χ4n) is 3.69. The van der Waals surface area contributed by atoms with Crippen LogP contribution < -0.4 is 10.2 Å². The van der Waals surface area contributed by atoms with Gasteiger partial charge in [-0.25, -0.2) is 15.0 Å². The summed E-state index contributed by atoms with van der Waals surface area (Å²) in [6, 6.07) is 8.33. The lowest BCUT2D eigenvalue weighted by atomic mass is 9.87. The van der Waals surface area contributed by atoms with E-state index in [4.69, 9.17) is 4.74 Å². The van der Waals surface area contributed by atoms with E-state index in [1.165, 1.54) is 0 Å². The number of piperidine rings is 1. The topological polar surface area (TPSA) is 63.2 Å². The van der Waals surface area contributed by atoms with Gasteiger partial charge in [-0.1, -0.05) is 6.07 Å². The van der Waals surface area contributed by atoms with Crippen molar-refractivity contribution in [2.45, 2.75) is 37.8 Å². The van der Waals surface area contributed by atoms with Gasteiger partial charge < -0.3 is 15.0 Å². The first kappa shape index (κ1) is 15.3. The predicted octanol–water partition coefficient (Wildman–Crippen LogP) is 2.42. The number of aryl methyl sites for hydroxylation is 1. The highest BCUT2D eigenvalue weighted by molar-refractivity contribution is 5.40. The van der Waals surface area contributed by atoms with E-state index < -0.39 is 0 Å². The standard InChI is InChI=1S/C18H23N5O/c1-14-4-2-5-16(21-14)23-10-6-18(7-11-23)12-15(13-24-18)22-17-19-8-3-9-20-17/h2-5,8-9,15H,6-7,10-13H2,1H3,(H,19,20,22)/t15-/m1/s1. The first-order chi connectivity index (χ1) is 11.7. The van der Waals surface area contributed by atoms with Crippen molar-refractivity contribution in [3.8, 4) is 0 Å². The van der Waals surface area contributed by atoms with Gasteiger partial charge in [-0.05, 0) is 44.4 Å². The van der Waals surface area contributed by atoms with Gasteiger partial charge in [0.25, 0.3) is 0 Å². The molecule has 1 spiro atoms. The minimum Gasteiger partial charge on any atom is -0.373 e. The Labute approximate surface area is 142 Å². The quantitative estimate of drug-likeness (QED) is 0.935. The lowest BCUT2D eigenvalue weighted by molar-refractivity contribution is -0.0148. The first-order valence-electron chi connectivity index (χ1n) is 8.59. The van der Waals surface area contributed by atoms with Gasteiger partial charge in [-0.3, -0.25) is 0 Å². The molecule has 2 aromatic heterocycles. The Kier molecular flexibility index (Phi) is 4.06. The number of hydrogen-bond donors (Lipinski definition) is 1. The summed E-state index contributed by atoms with van der Waals surface area (Å²) in [6.45, 7) is 4.74. The van der Waals surface area contributed by atoms with E-state index in [9.17, 15) is 0 Å². The number of nitrogens with one attached hydrogen (secondary N) is 1. The second-order valence-electron chi connectivity index (χ2n) is 6.74. The molecule has 24 heavy (non-hydrogen) atoms. The summed E-state index contributed by atoms with van der Waals surface area (Å²) in [5.41, 5.74) is 1.06. The van der Waals surface area contributed by atoms with Crippen LogP contribution in [0.4, 0.5) is 11.8 Å². The molecule has 4 heterocycles. The Bertz CT molecular complexity index is 685. The molecule has 2 aliphatic heterocycles. The number of aromatic nitrogens is 3. The van der Waals surface area contributed by atoms with E-state index in [1.807, 2.05) is 19.1 Å². The largest absolute Gasteiger partial charge is 0.373 e. The van der Waals surface area contributed by atoms with Crippen LogP contribution >= 0.6 is 0 Å². The fraction of sp³-hybridized carbons (Fsp3) is 0.500. The molecule has 126 valence electrons. The summed E-state index contributed by atoms with van der Waals surface area (Å²) in [5, 5.41) is 3.39. The van der Waals surface area contributed by atoms with Gasteiger partial charge in [0, 0.05) is 31.2 Å². The molecule has 6 heteroatoms. The van der Waals surface area contributed by atoms with Gasteiger partial charge in [0.15, 0.2) is 0 Å². The summed E-state index contributed by atoms with van der Waals surface area (Å²) >= 11 is 0. The van der Waals surface area contributed by atoms with E-state index in [0.717, 1.165) is 50.5 Å². The number of hydrogen-bond acceptors (Lipinski definition) is 6. The van der Waals surface area contributed by atoms with Crippen LogP contribution in [0.15, 0.2) is 36.7 Å². The van der Waals surface area contributed by atoms with E-state index in [1.54, 1.807) is 12.4 Å². The maximum Gasteiger partial charge on any atom is 0.222 e. The molecule has 0 aliphatic carbocycles. The molecule has 4 rings (SSSR count). The smallest absolute Gasteiger partial charge is 0.222 e. The Morgan fingerprint density at radius 2 is 1.96 bits per heavy atom. The second-order valence-corrected chi connectivity index (χ2v) is 6.74. The molecule has 0 unspecified atom stereocenters. The normalized spacial score (nSPS) is 22.7. The second kappa shape index (κ2) is 6.36. The zero-order valence-corrected chi connectivity index (χ0v) is 14.0. The average Bonchev–Trinajstić information content (AvgIpc) is 2.99. The van der Waals surface area contributed by atoms with Crippen LogP contribution in [0.25, 0.3) is 0 Å². The number of anilines is 2. The highest BCUT2D eigenvalue weighted by Crippen LogP contribution is 2.37. The lowest BCUT2D eigenvalue weighted by Gasteiger charge is -2.39. The molecule has 2 aliphatic rings. The highest BCUT2D eigenvalue weighted by Gasteiger charge is 2.43. The van der Waals surface area contributed by atoms with Crippen molar-refractivity contribution in [3.63, 3.8) is 0 Å². The molecule has 2 aromatic rings. The molecule has 2 fully saturated rings. The summed E-state index contributed by atoms with van der Waals surface area (Å²) in [5.74, 6) is 1.76. The molecular weight excluding hydrogens is 302 g/mol. The summed E-state index contributed by atoms with van der Waals surface area (Å²) in [4.78, 5) is 15.5. The number of ether oxygens (including phenoxy) is 1. The molecule has 6 nitrogen and oxygen atoms in total. The monoisotopic (exact) mass is 325 g/mol. The van der Waals surface area contributed by atoms with Crippen molar-refractivity contribution in [1.82, 2.24) is 15.0 Å². The van der Waals surface area contributed by atoms with Crippen LogP contribution in [0.3, 0.4) is 0 Å². The molecule has 0 amide bonds. The maximum absolute atomic E-state index is 6.21. The van der Waals surface area contributed by atoms with E-state index in [0.29, 0.717) is 5.95 Å². The van der Waals surface area contributed by atoms with Crippen LogP contribution in [-0.2, 0) is 4.74 Å². The van der Waals surface area contributed by atoms with E-state index in [2.05, 4.69) is 37.3 Å². The summed E-state index contributed by atoms with van der Waals surface area (Å²) < 4.78 is 6.21. The molecule has 1 N–H and O–H groups in total. The number of rotatable bonds is 3. The maximum atomic E-state index is 6.21. The first-order valence-corrected chi connectivity index (χ1v) is 8.59. The molecule has 1 atom stereocenters. The van der Waals surface area contributed by atoms with Crippen molar-refractivity contribution in [1.29, 1.82) is 0 Å². The fourth-order valence-corrected chi connectivity index (χ4v) is 3.69. The third-order valence-electron chi connectivity index (χ3n) is 4.98. The number of nitrogens with zero attached hydrogens (tertiary/aromatic N) is 4.